The minimum atomic E-state index is -0.366. The number of aromatic nitrogens is 4. The number of H-pyrrole nitrogens is 1. The minimum absolute atomic E-state index is 0.0486. The van der Waals surface area contributed by atoms with Crippen molar-refractivity contribution in [2.75, 3.05) is 18.9 Å². The van der Waals surface area contributed by atoms with Crippen molar-refractivity contribution in [1.82, 2.24) is 19.5 Å². The first-order chi connectivity index (χ1) is 9.15. The molecule has 0 bridgehead atoms. The average Bonchev–Trinajstić information content (AvgIpc) is 2.91. The van der Waals surface area contributed by atoms with Crippen LogP contribution in [-0.2, 0) is 6.54 Å². The molecule has 0 aromatic carbocycles. The normalized spacial score (nSPS) is 25.9. The van der Waals surface area contributed by atoms with Gasteiger partial charge in [-0.25, -0.2) is 4.98 Å². The quantitative estimate of drug-likeness (QED) is 0.535. The highest BCUT2D eigenvalue weighted by Crippen LogP contribution is 2.46. The van der Waals surface area contributed by atoms with Gasteiger partial charge in [0.25, 0.3) is 5.56 Å². The molecule has 2 heterocycles. The predicted molar refractivity (Wildman–Crippen MR) is 67.2 cm³/mol. The summed E-state index contributed by atoms with van der Waals surface area (Å²) in [4.78, 5) is 22.1. The number of aromatic amines is 1. The van der Waals surface area contributed by atoms with Crippen LogP contribution in [-0.4, -0.2) is 42.9 Å². The highest BCUT2D eigenvalue weighted by atomic mass is 16.3. The zero-order valence-corrected chi connectivity index (χ0v) is 10.2. The van der Waals surface area contributed by atoms with Gasteiger partial charge in [0.05, 0.1) is 6.33 Å². The molecule has 1 aliphatic rings. The first kappa shape index (κ1) is 12.1. The maximum atomic E-state index is 11.6. The highest BCUT2D eigenvalue weighted by Gasteiger charge is 2.49. The van der Waals surface area contributed by atoms with Gasteiger partial charge >= 0.3 is 0 Å². The predicted octanol–water partition coefficient (Wildman–Crippen LogP) is -1.45. The van der Waals surface area contributed by atoms with Crippen molar-refractivity contribution in [2.24, 2.45) is 17.8 Å². The molecule has 0 saturated heterocycles. The number of anilines is 1. The Hall–Kier alpha value is -1.93. The van der Waals surface area contributed by atoms with E-state index < -0.39 is 0 Å². The van der Waals surface area contributed by atoms with Crippen LogP contribution >= 0.6 is 0 Å². The molecule has 3 rings (SSSR count). The summed E-state index contributed by atoms with van der Waals surface area (Å²) in [5.74, 6) is 0.422. The number of aliphatic hydroxyl groups excluding tert-OH is 2. The molecule has 2 aromatic rings. The molecular formula is C11H15N5O3. The topological polar surface area (TPSA) is 130 Å². The second-order valence-corrected chi connectivity index (χ2v) is 4.88. The molecule has 8 heteroatoms. The first-order valence-corrected chi connectivity index (χ1v) is 6.08. The van der Waals surface area contributed by atoms with Gasteiger partial charge in [0.15, 0.2) is 11.2 Å². The van der Waals surface area contributed by atoms with E-state index in [0.29, 0.717) is 12.2 Å². The SMILES string of the molecule is Nc1nc2c(ncn2CC2[C@@H](CO)[C@H]2CO)c(=O)[nH]1. The number of hydrogen-bond donors (Lipinski definition) is 4. The molecule has 0 spiro atoms. The maximum Gasteiger partial charge on any atom is 0.280 e. The Morgan fingerprint density at radius 3 is 2.63 bits per heavy atom. The van der Waals surface area contributed by atoms with Gasteiger partial charge in [0.2, 0.25) is 5.95 Å². The van der Waals surface area contributed by atoms with Crippen LogP contribution in [0.15, 0.2) is 11.1 Å². The van der Waals surface area contributed by atoms with Gasteiger partial charge in [-0.05, 0) is 17.8 Å². The molecule has 0 aliphatic heterocycles. The second-order valence-electron chi connectivity index (χ2n) is 4.88. The Balaban J connectivity index is 1.92. The molecule has 3 atom stereocenters. The van der Waals surface area contributed by atoms with Crippen LogP contribution in [0.4, 0.5) is 5.95 Å². The number of fused-ring (bicyclic) bond motifs is 1. The molecule has 5 N–H and O–H groups in total. The Labute approximate surface area is 107 Å². The van der Waals surface area contributed by atoms with Crippen molar-refractivity contribution in [2.45, 2.75) is 6.54 Å². The molecule has 102 valence electrons. The van der Waals surface area contributed by atoms with Crippen LogP contribution < -0.4 is 11.3 Å². The third kappa shape index (κ3) is 1.89. The monoisotopic (exact) mass is 265 g/mol. The molecular weight excluding hydrogens is 250 g/mol. The number of nitrogens with one attached hydrogen (secondary N) is 1. The molecule has 0 amide bonds. The summed E-state index contributed by atoms with van der Waals surface area (Å²) < 4.78 is 1.74. The zero-order valence-electron chi connectivity index (χ0n) is 10.2. The third-order valence-corrected chi connectivity index (χ3v) is 3.83. The van der Waals surface area contributed by atoms with E-state index in [-0.39, 0.29) is 48.0 Å². The van der Waals surface area contributed by atoms with Gasteiger partial charge in [-0.15, -0.1) is 0 Å². The summed E-state index contributed by atoms with van der Waals surface area (Å²) in [5, 5.41) is 18.4. The van der Waals surface area contributed by atoms with Crippen molar-refractivity contribution >= 4 is 17.1 Å². The Morgan fingerprint density at radius 2 is 2.00 bits per heavy atom. The summed E-state index contributed by atoms with van der Waals surface area (Å²) >= 11 is 0. The number of hydrogen-bond acceptors (Lipinski definition) is 6. The smallest absolute Gasteiger partial charge is 0.280 e. The number of imidazole rings is 1. The van der Waals surface area contributed by atoms with Crippen molar-refractivity contribution in [3.05, 3.63) is 16.7 Å². The summed E-state index contributed by atoms with van der Waals surface area (Å²) in [6.45, 7) is 0.667. The number of rotatable bonds is 4. The fourth-order valence-corrected chi connectivity index (χ4v) is 2.67. The Kier molecular flexibility index (Phi) is 2.76. The number of nitrogens with zero attached hydrogens (tertiary/aromatic N) is 3. The standard InChI is InChI=1S/C11H15N5O3/c12-11-14-9-8(10(19)15-11)13-4-16(9)1-5-6(2-17)7(5)3-18/h4-7,17-18H,1-3H2,(H3,12,14,15,19)/t5?,6-,7+. The largest absolute Gasteiger partial charge is 0.396 e. The molecule has 2 aromatic heterocycles. The molecule has 1 fully saturated rings. The van der Waals surface area contributed by atoms with Gasteiger partial charge in [0, 0.05) is 19.8 Å². The molecule has 8 nitrogen and oxygen atoms in total. The van der Waals surface area contributed by atoms with E-state index in [1.807, 2.05) is 0 Å². The van der Waals surface area contributed by atoms with E-state index in [1.54, 1.807) is 4.57 Å². The van der Waals surface area contributed by atoms with Gasteiger partial charge in [-0.2, -0.15) is 4.98 Å². The van der Waals surface area contributed by atoms with E-state index in [2.05, 4.69) is 15.0 Å². The van der Waals surface area contributed by atoms with Gasteiger partial charge in [-0.3, -0.25) is 9.78 Å². The molecule has 19 heavy (non-hydrogen) atoms. The lowest BCUT2D eigenvalue weighted by Crippen LogP contribution is -2.12. The lowest BCUT2D eigenvalue weighted by molar-refractivity contribution is 0.232. The van der Waals surface area contributed by atoms with E-state index in [9.17, 15) is 15.0 Å². The average molecular weight is 265 g/mol. The van der Waals surface area contributed by atoms with Crippen LogP contribution in [0.1, 0.15) is 0 Å². The van der Waals surface area contributed by atoms with Crippen molar-refractivity contribution in [3.8, 4) is 0 Å². The summed E-state index contributed by atoms with van der Waals surface area (Å²) in [6.07, 6.45) is 1.54. The Bertz CT molecular complexity index is 654. The molecule has 0 radical (unpaired) electrons. The van der Waals surface area contributed by atoms with Gasteiger partial charge in [0.1, 0.15) is 0 Å². The van der Waals surface area contributed by atoms with Crippen LogP contribution in [0, 0.1) is 17.8 Å². The summed E-state index contributed by atoms with van der Waals surface area (Å²) in [7, 11) is 0. The minimum Gasteiger partial charge on any atom is -0.396 e. The van der Waals surface area contributed by atoms with Crippen molar-refractivity contribution in [1.29, 1.82) is 0 Å². The van der Waals surface area contributed by atoms with E-state index in [4.69, 9.17) is 5.73 Å². The summed E-state index contributed by atoms with van der Waals surface area (Å²) in [5.41, 5.74) is 5.83. The van der Waals surface area contributed by atoms with E-state index in [0.717, 1.165) is 0 Å². The zero-order chi connectivity index (χ0) is 13.6. The fraction of sp³-hybridized carbons (Fsp3) is 0.545. The van der Waals surface area contributed by atoms with Crippen molar-refractivity contribution < 1.29 is 10.2 Å². The summed E-state index contributed by atoms with van der Waals surface area (Å²) in [6, 6.07) is 0. The van der Waals surface area contributed by atoms with Crippen LogP contribution in [0.25, 0.3) is 11.2 Å². The number of nitrogens with two attached hydrogens (primary N) is 1. The van der Waals surface area contributed by atoms with E-state index >= 15 is 0 Å². The molecule has 1 unspecified atom stereocenters. The highest BCUT2D eigenvalue weighted by molar-refractivity contribution is 5.70. The number of aliphatic hydroxyl groups is 2. The Morgan fingerprint density at radius 1 is 1.32 bits per heavy atom. The lowest BCUT2D eigenvalue weighted by Gasteiger charge is -2.03. The van der Waals surface area contributed by atoms with Crippen LogP contribution in [0.2, 0.25) is 0 Å². The number of nitrogen functional groups attached to an aromatic ring is 1. The third-order valence-electron chi connectivity index (χ3n) is 3.83. The second kappa shape index (κ2) is 4.32. The molecule has 1 aliphatic carbocycles. The molecule has 1 saturated carbocycles. The van der Waals surface area contributed by atoms with E-state index in [1.165, 1.54) is 6.33 Å². The van der Waals surface area contributed by atoms with Gasteiger partial charge in [-0.1, -0.05) is 0 Å². The first-order valence-electron chi connectivity index (χ1n) is 6.08. The maximum absolute atomic E-state index is 11.6. The van der Waals surface area contributed by atoms with Crippen LogP contribution in [0.5, 0.6) is 0 Å². The van der Waals surface area contributed by atoms with Crippen molar-refractivity contribution in [3.63, 3.8) is 0 Å². The fourth-order valence-electron chi connectivity index (χ4n) is 2.67. The van der Waals surface area contributed by atoms with Gasteiger partial charge < -0.3 is 20.5 Å². The van der Waals surface area contributed by atoms with Crippen LogP contribution in [0.3, 0.4) is 0 Å². The lowest BCUT2D eigenvalue weighted by atomic mass is 10.3.